The molecule has 0 aliphatic heterocycles. The molecule has 1 saturated carbocycles. The molecule has 1 fully saturated rings. The Hall–Kier alpha value is -4.39. The maximum absolute atomic E-state index is 13.0. The zero-order valence-electron chi connectivity index (χ0n) is 21.9. The molecular formula is C27H27F3N8O2. The van der Waals surface area contributed by atoms with Crippen molar-refractivity contribution in [2.45, 2.75) is 38.4 Å². The molecule has 208 valence electrons. The summed E-state index contributed by atoms with van der Waals surface area (Å²) in [6, 6.07) is 8.00. The van der Waals surface area contributed by atoms with Crippen LogP contribution >= 0.6 is 0 Å². The Morgan fingerprint density at radius 1 is 1.12 bits per heavy atom. The average molecular weight is 553 g/mol. The van der Waals surface area contributed by atoms with Crippen LogP contribution < -0.4 is 10.1 Å². The van der Waals surface area contributed by atoms with E-state index in [0.29, 0.717) is 59.8 Å². The average Bonchev–Trinajstić information content (AvgIpc) is 3.72. The van der Waals surface area contributed by atoms with Crippen molar-refractivity contribution in [3.05, 3.63) is 71.1 Å². The van der Waals surface area contributed by atoms with Crippen molar-refractivity contribution in [2.75, 3.05) is 25.6 Å². The molecule has 5 rings (SSSR count). The van der Waals surface area contributed by atoms with Crippen LogP contribution in [0.3, 0.4) is 0 Å². The van der Waals surface area contributed by atoms with Gasteiger partial charge >= 0.3 is 6.18 Å². The minimum absolute atomic E-state index is 0.286. The van der Waals surface area contributed by atoms with E-state index in [1.807, 2.05) is 0 Å². The van der Waals surface area contributed by atoms with Gasteiger partial charge in [0.05, 0.1) is 23.6 Å². The molecule has 0 spiro atoms. The highest BCUT2D eigenvalue weighted by Gasteiger charge is 2.34. The minimum Gasteiger partial charge on any atom is -0.475 e. The number of benzene rings is 1. The maximum Gasteiger partial charge on any atom is 0.435 e. The van der Waals surface area contributed by atoms with Crippen LogP contribution in [0.15, 0.2) is 42.9 Å². The number of anilines is 1. The molecule has 0 radical (unpaired) electrons. The van der Waals surface area contributed by atoms with Gasteiger partial charge in [0.25, 0.3) is 0 Å². The molecule has 3 aromatic heterocycles. The van der Waals surface area contributed by atoms with Gasteiger partial charge in [0.15, 0.2) is 11.5 Å². The molecule has 3 heterocycles. The Balaban J connectivity index is 1.38. The van der Waals surface area contributed by atoms with Crippen LogP contribution in [-0.4, -0.2) is 56.3 Å². The van der Waals surface area contributed by atoms with Crippen LogP contribution in [-0.2, 0) is 17.5 Å². The molecule has 0 amide bonds. The second-order valence-corrected chi connectivity index (χ2v) is 9.30. The lowest BCUT2D eigenvalue weighted by atomic mass is 10.1. The van der Waals surface area contributed by atoms with Crippen molar-refractivity contribution in [1.82, 2.24) is 29.7 Å². The molecule has 13 heteroatoms. The van der Waals surface area contributed by atoms with Gasteiger partial charge in [-0.3, -0.25) is 0 Å². The topological polar surface area (TPSA) is 124 Å². The Morgan fingerprint density at radius 2 is 1.90 bits per heavy atom. The van der Waals surface area contributed by atoms with Crippen molar-refractivity contribution in [3.8, 4) is 23.0 Å². The number of hydrogen-bond acceptors (Lipinski definition) is 9. The fourth-order valence-corrected chi connectivity index (χ4v) is 4.16. The standard InChI is InChI=1S/C27H27F3N8O2/c1-16-11-21(27(28,29)30)37-38(16)20-7-3-17(4-8-20)13-32-24-19(12-31)14-33-25(36-24)22-23(18-5-6-18)34-15-35-26(22)40-10-9-39-2/h3-4,7-8,11-12,14-15,18,31H,5-6,9-10,13H2,1-2H3,(H,32,33,36). The normalized spacial score (nSPS) is 13.3. The third kappa shape index (κ3) is 5.93. The molecule has 0 bridgehead atoms. The predicted molar refractivity (Wildman–Crippen MR) is 141 cm³/mol. The molecule has 0 unspecified atom stereocenters. The summed E-state index contributed by atoms with van der Waals surface area (Å²) in [5, 5.41) is 14.8. The zero-order chi connectivity index (χ0) is 28.3. The smallest absolute Gasteiger partial charge is 0.435 e. The Morgan fingerprint density at radius 3 is 2.55 bits per heavy atom. The van der Waals surface area contributed by atoms with E-state index in [1.165, 1.54) is 11.0 Å². The van der Waals surface area contributed by atoms with Crippen molar-refractivity contribution < 1.29 is 22.6 Å². The lowest BCUT2D eigenvalue weighted by molar-refractivity contribution is -0.141. The Labute approximate surface area is 228 Å². The van der Waals surface area contributed by atoms with Gasteiger partial charge in [0, 0.05) is 37.7 Å². The summed E-state index contributed by atoms with van der Waals surface area (Å²) in [5.41, 5.74) is 2.74. The van der Waals surface area contributed by atoms with Gasteiger partial charge in [-0.25, -0.2) is 24.6 Å². The predicted octanol–water partition coefficient (Wildman–Crippen LogP) is 4.96. The van der Waals surface area contributed by atoms with E-state index < -0.39 is 11.9 Å². The summed E-state index contributed by atoms with van der Waals surface area (Å²) in [6.07, 6.45) is 1.70. The third-order valence-electron chi connectivity index (χ3n) is 6.35. The lowest BCUT2D eigenvalue weighted by Gasteiger charge is -2.15. The number of ether oxygens (including phenoxy) is 2. The highest BCUT2D eigenvalue weighted by atomic mass is 19.4. The number of nitrogens with zero attached hydrogens (tertiary/aromatic N) is 6. The van der Waals surface area contributed by atoms with Gasteiger partial charge in [0.1, 0.15) is 24.3 Å². The SMILES string of the molecule is COCCOc1ncnc(C2CC2)c1-c1ncc(C=N)c(NCc2ccc(-n3nc(C(F)(F)F)cc3C)cc2)n1. The van der Waals surface area contributed by atoms with Crippen LogP contribution in [0.4, 0.5) is 19.0 Å². The highest BCUT2D eigenvalue weighted by molar-refractivity contribution is 5.84. The molecule has 1 aromatic carbocycles. The second-order valence-electron chi connectivity index (χ2n) is 9.30. The van der Waals surface area contributed by atoms with Crippen molar-refractivity contribution in [1.29, 1.82) is 5.41 Å². The maximum atomic E-state index is 13.0. The summed E-state index contributed by atoms with van der Waals surface area (Å²) in [5.74, 6) is 1.48. The van der Waals surface area contributed by atoms with E-state index in [-0.39, 0.29) is 5.92 Å². The molecule has 1 aliphatic carbocycles. The van der Waals surface area contributed by atoms with Crippen LogP contribution in [0.1, 0.15) is 47.0 Å². The van der Waals surface area contributed by atoms with Crippen LogP contribution in [0, 0.1) is 12.3 Å². The highest BCUT2D eigenvalue weighted by Crippen LogP contribution is 2.45. The van der Waals surface area contributed by atoms with E-state index in [0.717, 1.165) is 36.4 Å². The fraction of sp³-hybridized carbons (Fsp3) is 0.333. The van der Waals surface area contributed by atoms with Gasteiger partial charge in [0.2, 0.25) is 5.88 Å². The van der Waals surface area contributed by atoms with E-state index >= 15 is 0 Å². The van der Waals surface area contributed by atoms with Crippen LogP contribution in [0.5, 0.6) is 5.88 Å². The second kappa shape index (κ2) is 11.4. The minimum atomic E-state index is -4.51. The summed E-state index contributed by atoms with van der Waals surface area (Å²) >= 11 is 0. The van der Waals surface area contributed by atoms with E-state index in [9.17, 15) is 13.2 Å². The third-order valence-corrected chi connectivity index (χ3v) is 6.35. The quantitative estimate of drug-likeness (QED) is 0.198. The molecule has 40 heavy (non-hydrogen) atoms. The summed E-state index contributed by atoms with van der Waals surface area (Å²) in [7, 11) is 1.59. The Kier molecular flexibility index (Phi) is 7.74. The lowest BCUT2D eigenvalue weighted by Crippen LogP contribution is -2.11. The zero-order valence-corrected chi connectivity index (χ0v) is 21.9. The van der Waals surface area contributed by atoms with E-state index in [4.69, 9.17) is 19.9 Å². The number of aryl methyl sites for hydroxylation is 1. The first-order valence-corrected chi connectivity index (χ1v) is 12.6. The summed E-state index contributed by atoms with van der Waals surface area (Å²) in [6.45, 7) is 2.62. The summed E-state index contributed by atoms with van der Waals surface area (Å²) in [4.78, 5) is 18.0. The van der Waals surface area contributed by atoms with Crippen molar-refractivity contribution in [2.24, 2.45) is 0 Å². The van der Waals surface area contributed by atoms with E-state index in [1.54, 1.807) is 44.5 Å². The molecule has 0 saturated heterocycles. The number of rotatable bonds is 11. The number of methoxy groups -OCH3 is 1. The fourth-order valence-electron chi connectivity index (χ4n) is 4.16. The Bertz CT molecular complexity index is 1500. The van der Waals surface area contributed by atoms with Gasteiger partial charge in [-0.1, -0.05) is 12.1 Å². The number of hydrogen-bond donors (Lipinski definition) is 2. The number of alkyl halides is 3. The molecule has 2 N–H and O–H groups in total. The van der Waals surface area contributed by atoms with Gasteiger partial charge < -0.3 is 20.2 Å². The van der Waals surface area contributed by atoms with Gasteiger partial charge in [-0.05, 0) is 43.5 Å². The van der Waals surface area contributed by atoms with Crippen molar-refractivity contribution in [3.63, 3.8) is 0 Å². The van der Waals surface area contributed by atoms with Crippen molar-refractivity contribution >= 4 is 12.0 Å². The summed E-state index contributed by atoms with van der Waals surface area (Å²) < 4.78 is 51.4. The first-order chi connectivity index (χ1) is 19.3. The van der Waals surface area contributed by atoms with Gasteiger partial charge in [-0.2, -0.15) is 18.3 Å². The van der Waals surface area contributed by atoms with E-state index in [2.05, 4.69) is 25.4 Å². The number of nitrogens with one attached hydrogen (secondary N) is 2. The first kappa shape index (κ1) is 27.2. The van der Waals surface area contributed by atoms with Crippen LogP contribution in [0.2, 0.25) is 0 Å². The molecular weight excluding hydrogens is 525 g/mol. The number of aromatic nitrogens is 6. The molecule has 4 aromatic rings. The largest absolute Gasteiger partial charge is 0.475 e. The number of halogens is 3. The molecule has 10 nitrogen and oxygen atoms in total. The first-order valence-electron chi connectivity index (χ1n) is 12.6. The van der Waals surface area contributed by atoms with Crippen LogP contribution in [0.25, 0.3) is 17.1 Å². The van der Waals surface area contributed by atoms with Gasteiger partial charge in [-0.15, -0.1) is 0 Å². The monoisotopic (exact) mass is 552 g/mol. The molecule has 0 atom stereocenters. The molecule has 1 aliphatic rings.